The average Bonchev–Trinajstić information content (AvgIpc) is 2.18. The minimum absolute atomic E-state index is 0.0449. The topological polar surface area (TPSA) is 17.1 Å². The highest BCUT2D eigenvalue weighted by atomic mass is 35.5. The van der Waals surface area contributed by atoms with E-state index < -0.39 is 5.82 Å². The van der Waals surface area contributed by atoms with E-state index >= 15 is 0 Å². The van der Waals surface area contributed by atoms with Gasteiger partial charge in [-0.3, -0.25) is 4.79 Å². The number of carbonyl (C=O) groups is 1. The molecule has 0 unspecified atom stereocenters. The Hall–Kier alpha value is -1.33. The van der Waals surface area contributed by atoms with E-state index in [0.29, 0.717) is 12.0 Å². The van der Waals surface area contributed by atoms with Crippen LogP contribution in [0.25, 0.3) is 0 Å². The van der Waals surface area contributed by atoms with Crippen molar-refractivity contribution in [3.8, 4) is 12.3 Å². The SMILES string of the molecule is C#CCCC(=O)c1ccc(F)c(Cl)c1. The van der Waals surface area contributed by atoms with Crippen molar-refractivity contribution < 1.29 is 9.18 Å². The molecule has 0 N–H and O–H groups in total. The maximum atomic E-state index is 12.7. The summed E-state index contributed by atoms with van der Waals surface area (Å²) in [6.07, 6.45) is 5.67. The molecule has 1 aromatic rings. The van der Waals surface area contributed by atoms with Crippen LogP contribution in [0.3, 0.4) is 0 Å². The van der Waals surface area contributed by atoms with Gasteiger partial charge in [0.2, 0.25) is 0 Å². The van der Waals surface area contributed by atoms with Crippen LogP contribution in [0.2, 0.25) is 5.02 Å². The summed E-state index contributed by atoms with van der Waals surface area (Å²) in [5.74, 6) is 1.72. The number of carbonyl (C=O) groups excluding carboxylic acids is 1. The van der Waals surface area contributed by atoms with E-state index in [2.05, 4.69) is 5.92 Å². The fourth-order valence-corrected chi connectivity index (χ4v) is 1.18. The molecule has 1 rings (SSSR count). The first kappa shape index (κ1) is 10.7. The number of ketones is 1. The third-order valence-electron chi connectivity index (χ3n) is 1.74. The normalized spacial score (nSPS) is 9.50. The van der Waals surface area contributed by atoms with E-state index in [4.69, 9.17) is 18.0 Å². The van der Waals surface area contributed by atoms with Gasteiger partial charge in [-0.15, -0.1) is 12.3 Å². The third-order valence-corrected chi connectivity index (χ3v) is 2.03. The second-order valence-electron chi connectivity index (χ2n) is 2.76. The largest absolute Gasteiger partial charge is 0.294 e. The van der Waals surface area contributed by atoms with Crippen LogP contribution >= 0.6 is 11.6 Å². The van der Waals surface area contributed by atoms with E-state index in [0.717, 1.165) is 0 Å². The molecule has 0 aliphatic carbocycles. The molecule has 3 heteroatoms. The average molecular weight is 211 g/mol. The summed E-state index contributed by atoms with van der Waals surface area (Å²) in [6, 6.07) is 3.89. The Morgan fingerprint density at radius 3 is 2.86 bits per heavy atom. The van der Waals surface area contributed by atoms with Gasteiger partial charge in [0.25, 0.3) is 0 Å². The molecule has 1 nitrogen and oxygen atoms in total. The van der Waals surface area contributed by atoms with Crippen LogP contribution in [0.4, 0.5) is 4.39 Å². The van der Waals surface area contributed by atoms with Crippen LogP contribution < -0.4 is 0 Å². The number of halogens is 2. The van der Waals surface area contributed by atoms with Gasteiger partial charge in [-0.05, 0) is 18.2 Å². The van der Waals surface area contributed by atoms with E-state index in [9.17, 15) is 9.18 Å². The highest BCUT2D eigenvalue weighted by molar-refractivity contribution is 6.31. The summed E-state index contributed by atoms with van der Waals surface area (Å²) >= 11 is 5.52. The lowest BCUT2D eigenvalue weighted by Crippen LogP contribution is -1.98. The monoisotopic (exact) mass is 210 g/mol. The Kier molecular flexibility index (Phi) is 3.67. The van der Waals surface area contributed by atoms with Crippen molar-refractivity contribution in [2.24, 2.45) is 0 Å². The lowest BCUT2D eigenvalue weighted by molar-refractivity contribution is 0.0984. The highest BCUT2D eigenvalue weighted by Crippen LogP contribution is 2.17. The molecule has 0 saturated heterocycles. The second-order valence-corrected chi connectivity index (χ2v) is 3.16. The van der Waals surface area contributed by atoms with Crippen molar-refractivity contribution in [3.05, 3.63) is 34.6 Å². The van der Waals surface area contributed by atoms with Crippen LogP contribution in [0, 0.1) is 18.2 Å². The molecule has 14 heavy (non-hydrogen) atoms. The summed E-state index contributed by atoms with van der Waals surface area (Å²) in [5.41, 5.74) is 0.395. The molecule has 0 saturated carbocycles. The van der Waals surface area contributed by atoms with Crippen molar-refractivity contribution in [1.82, 2.24) is 0 Å². The summed E-state index contributed by atoms with van der Waals surface area (Å²) in [7, 11) is 0. The fourth-order valence-electron chi connectivity index (χ4n) is 1.000. The minimum Gasteiger partial charge on any atom is -0.294 e. The zero-order valence-electron chi connectivity index (χ0n) is 7.39. The van der Waals surface area contributed by atoms with Crippen LogP contribution in [0.1, 0.15) is 23.2 Å². The Bertz CT molecular complexity index is 393. The Labute approximate surface area is 86.9 Å². The molecule has 72 valence electrons. The number of Topliss-reactive ketones (excluding diaryl/α,β-unsaturated/α-hetero) is 1. The molecule has 0 heterocycles. The Balaban J connectivity index is 2.82. The predicted octanol–water partition coefficient (Wildman–Crippen LogP) is 3.08. The fraction of sp³-hybridized carbons (Fsp3) is 0.182. The molecule has 0 radical (unpaired) electrons. The molecule has 0 amide bonds. The molecule has 1 aromatic carbocycles. The van der Waals surface area contributed by atoms with Crippen molar-refractivity contribution in [2.45, 2.75) is 12.8 Å². The van der Waals surface area contributed by atoms with Crippen molar-refractivity contribution in [2.75, 3.05) is 0 Å². The third kappa shape index (κ3) is 2.58. The van der Waals surface area contributed by atoms with Gasteiger partial charge in [-0.2, -0.15) is 0 Å². The minimum atomic E-state index is -0.528. The summed E-state index contributed by atoms with van der Waals surface area (Å²) in [5, 5.41) is -0.0449. The molecule has 0 aliphatic heterocycles. The quantitative estimate of drug-likeness (QED) is 0.554. The number of benzene rings is 1. The standard InChI is InChI=1S/C11H8ClFO/c1-2-3-4-11(14)8-5-6-10(13)9(12)7-8/h1,5-7H,3-4H2. The van der Waals surface area contributed by atoms with Gasteiger partial charge in [0.15, 0.2) is 5.78 Å². The van der Waals surface area contributed by atoms with Crippen LogP contribution in [-0.2, 0) is 0 Å². The molecular weight excluding hydrogens is 203 g/mol. The number of hydrogen-bond donors (Lipinski definition) is 0. The van der Waals surface area contributed by atoms with Crippen molar-refractivity contribution in [1.29, 1.82) is 0 Å². The summed E-state index contributed by atoms with van der Waals surface area (Å²) < 4.78 is 12.7. The first-order valence-corrected chi connectivity index (χ1v) is 4.44. The van der Waals surface area contributed by atoms with Gasteiger partial charge in [-0.25, -0.2) is 4.39 Å². The van der Waals surface area contributed by atoms with Crippen molar-refractivity contribution in [3.63, 3.8) is 0 Å². The maximum absolute atomic E-state index is 12.7. The van der Waals surface area contributed by atoms with Crippen molar-refractivity contribution >= 4 is 17.4 Å². The molecule has 0 aliphatic rings. The van der Waals surface area contributed by atoms with E-state index in [-0.39, 0.29) is 17.2 Å². The van der Waals surface area contributed by atoms with Gasteiger partial charge in [0.05, 0.1) is 5.02 Å². The lowest BCUT2D eigenvalue weighted by atomic mass is 10.1. The van der Waals surface area contributed by atoms with Gasteiger partial charge in [0.1, 0.15) is 5.82 Å². The van der Waals surface area contributed by atoms with E-state index in [1.54, 1.807) is 0 Å². The first-order valence-electron chi connectivity index (χ1n) is 4.07. The van der Waals surface area contributed by atoms with Gasteiger partial charge >= 0.3 is 0 Å². The van der Waals surface area contributed by atoms with E-state index in [1.807, 2.05) is 0 Å². The molecule has 0 spiro atoms. The lowest BCUT2D eigenvalue weighted by Gasteiger charge is -1.99. The van der Waals surface area contributed by atoms with E-state index in [1.165, 1.54) is 18.2 Å². The molecule has 0 atom stereocenters. The highest BCUT2D eigenvalue weighted by Gasteiger charge is 2.07. The Morgan fingerprint density at radius 1 is 1.57 bits per heavy atom. The maximum Gasteiger partial charge on any atom is 0.163 e. The number of terminal acetylenes is 1. The summed E-state index contributed by atoms with van der Waals surface area (Å²) in [6.45, 7) is 0. The van der Waals surface area contributed by atoms with Crippen LogP contribution in [-0.4, -0.2) is 5.78 Å². The number of hydrogen-bond acceptors (Lipinski definition) is 1. The molecule has 0 bridgehead atoms. The second kappa shape index (κ2) is 4.78. The predicted molar refractivity (Wildman–Crippen MR) is 53.8 cm³/mol. The van der Waals surface area contributed by atoms with Gasteiger partial charge in [-0.1, -0.05) is 11.6 Å². The van der Waals surface area contributed by atoms with Gasteiger partial charge in [0, 0.05) is 18.4 Å². The van der Waals surface area contributed by atoms with Gasteiger partial charge < -0.3 is 0 Å². The molecule has 0 fully saturated rings. The number of rotatable bonds is 3. The Morgan fingerprint density at radius 2 is 2.29 bits per heavy atom. The molecule has 0 aromatic heterocycles. The van der Waals surface area contributed by atoms with Crippen LogP contribution in [0.15, 0.2) is 18.2 Å². The zero-order valence-corrected chi connectivity index (χ0v) is 8.14. The first-order chi connectivity index (χ1) is 6.65. The zero-order chi connectivity index (χ0) is 10.6. The smallest absolute Gasteiger partial charge is 0.163 e. The molecular formula is C11H8ClFO. The van der Waals surface area contributed by atoms with Crippen LogP contribution in [0.5, 0.6) is 0 Å². The summed E-state index contributed by atoms with van der Waals surface area (Å²) in [4.78, 5) is 11.4.